The zero-order chi connectivity index (χ0) is 42.7. The molecule has 8 rings (SSSR count). The molecule has 0 aromatic heterocycles. The minimum atomic E-state index is -2.07. The van der Waals surface area contributed by atoms with Gasteiger partial charge in [0.2, 0.25) is 11.8 Å². The fraction of sp³-hybridized carbons (Fsp3) is 0.375. The molecule has 4 aliphatic rings. The number of methoxy groups -OCH3 is 1. The maximum Gasteiger partial charge on any atom is 0.421 e. The molecule has 4 aromatic rings. The lowest BCUT2D eigenvalue weighted by atomic mass is 9.65. The van der Waals surface area contributed by atoms with Gasteiger partial charge in [-0.2, -0.15) is 0 Å². The molecule has 0 radical (unpaired) electrons. The first-order valence-electron chi connectivity index (χ1n) is 20.7. The third-order valence-electron chi connectivity index (χ3n) is 12.4. The Morgan fingerprint density at radius 3 is 2.20 bits per heavy atom. The smallest absolute Gasteiger partial charge is 0.421 e. The van der Waals surface area contributed by atoms with Crippen molar-refractivity contribution in [3.63, 3.8) is 0 Å². The molecular weight excluding hydrogens is 779 g/mol. The van der Waals surface area contributed by atoms with Gasteiger partial charge in [-0.15, -0.1) is 0 Å². The zero-order valence-corrected chi connectivity index (χ0v) is 33.9. The highest BCUT2D eigenvalue weighted by molar-refractivity contribution is 6.23. The van der Waals surface area contributed by atoms with Crippen molar-refractivity contribution < 1.29 is 48.3 Å². The Labute approximate surface area is 354 Å². The monoisotopic (exact) mass is 827 g/mol. The van der Waals surface area contributed by atoms with E-state index in [4.69, 9.17) is 24.7 Å². The second-order valence-corrected chi connectivity index (χ2v) is 16.0. The highest BCUT2D eigenvalue weighted by Crippen LogP contribution is 2.66. The van der Waals surface area contributed by atoms with Crippen molar-refractivity contribution in [2.24, 2.45) is 11.7 Å². The predicted molar refractivity (Wildman–Crippen MR) is 223 cm³/mol. The number of carbonyl (C=O) groups excluding carboxylic acids is 4. The summed E-state index contributed by atoms with van der Waals surface area (Å²) < 4.78 is 23.0. The predicted octanol–water partition coefficient (Wildman–Crippen LogP) is 5.43. The van der Waals surface area contributed by atoms with Crippen LogP contribution in [-0.2, 0) is 34.0 Å². The largest absolute Gasteiger partial charge is 0.491 e. The van der Waals surface area contributed by atoms with Crippen LogP contribution in [0, 0.1) is 17.8 Å². The standard InChI is InChI=1S/C48H49N3O10/c1-58-27-28-60-46(56)50-37-20-19-31(21-24-47(57)22-10-2-3-11-23-47)29-36(37)48(45(50)55)38(43(49)53)40-44(54)61-41(33-15-8-5-9-16-33)39(32-13-6-4-7-14-32)51(40)42(48)34-17-12-18-35(30-34)59-26-25-52/h4-9,12-20,29-30,38-42,52,57H,2-3,10-11,22-23,25-28H2,1H3,(H2,49,53). The fourth-order valence-electron chi connectivity index (χ4n) is 9.84. The Balaban J connectivity index is 1.42. The molecule has 1 spiro atoms. The van der Waals surface area contributed by atoms with Gasteiger partial charge in [0.15, 0.2) is 0 Å². The van der Waals surface area contributed by atoms with Crippen molar-refractivity contribution >= 4 is 29.6 Å². The van der Waals surface area contributed by atoms with E-state index in [0.717, 1.165) is 36.1 Å². The van der Waals surface area contributed by atoms with Gasteiger partial charge in [-0.05, 0) is 78.3 Å². The molecule has 1 aliphatic carbocycles. The summed E-state index contributed by atoms with van der Waals surface area (Å²) in [6, 6.07) is 27.0. The molecule has 3 aliphatic heterocycles. The van der Waals surface area contributed by atoms with Crippen molar-refractivity contribution in [2.45, 2.75) is 73.8 Å². The van der Waals surface area contributed by atoms with Crippen LogP contribution in [0.15, 0.2) is 103 Å². The van der Waals surface area contributed by atoms with E-state index in [0.29, 0.717) is 35.3 Å². The fourth-order valence-corrected chi connectivity index (χ4v) is 9.84. The Morgan fingerprint density at radius 1 is 0.836 bits per heavy atom. The summed E-state index contributed by atoms with van der Waals surface area (Å²) in [5.41, 5.74) is 5.79. The van der Waals surface area contributed by atoms with Crippen LogP contribution in [0.1, 0.15) is 84.5 Å². The number of morpholine rings is 1. The second kappa shape index (κ2) is 17.5. The summed E-state index contributed by atoms with van der Waals surface area (Å²) in [6.07, 6.45) is 2.75. The van der Waals surface area contributed by atoms with Crippen LogP contribution in [0.25, 0.3) is 0 Å². The third-order valence-corrected chi connectivity index (χ3v) is 12.4. The summed E-state index contributed by atoms with van der Waals surface area (Å²) in [5.74, 6) is 2.44. The van der Waals surface area contributed by atoms with E-state index in [2.05, 4.69) is 11.8 Å². The number of ether oxygens (including phenoxy) is 4. The highest BCUT2D eigenvalue weighted by Gasteiger charge is 2.75. The number of esters is 1. The number of cyclic esters (lactones) is 1. The molecule has 0 bridgehead atoms. The quantitative estimate of drug-likeness (QED) is 0.0804. The number of primary amides is 1. The van der Waals surface area contributed by atoms with Crippen LogP contribution >= 0.6 is 0 Å². The van der Waals surface area contributed by atoms with Crippen LogP contribution in [0.2, 0.25) is 0 Å². The summed E-state index contributed by atoms with van der Waals surface area (Å²) >= 11 is 0. The van der Waals surface area contributed by atoms with Gasteiger partial charge in [-0.25, -0.2) is 9.69 Å². The summed E-state index contributed by atoms with van der Waals surface area (Å²) in [4.78, 5) is 62.3. The number of aliphatic hydroxyl groups is 2. The average Bonchev–Trinajstić information content (AvgIpc) is 3.61. The van der Waals surface area contributed by atoms with Crippen molar-refractivity contribution in [1.29, 1.82) is 0 Å². The number of imide groups is 1. The van der Waals surface area contributed by atoms with E-state index >= 15 is 4.79 Å². The van der Waals surface area contributed by atoms with Crippen LogP contribution in [0.3, 0.4) is 0 Å². The number of aliphatic hydroxyl groups excluding tert-OH is 1. The third kappa shape index (κ3) is 7.54. The van der Waals surface area contributed by atoms with E-state index in [1.165, 1.54) is 7.11 Å². The molecule has 1 saturated carbocycles. The second-order valence-electron chi connectivity index (χ2n) is 16.0. The molecule has 4 aromatic carbocycles. The maximum atomic E-state index is 15.9. The van der Waals surface area contributed by atoms with Crippen molar-refractivity contribution in [3.8, 4) is 17.6 Å². The highest BCUT2D eigenvalue weighted by atomic mass is 16.6. The minimum Gasteiger partial charge on any atom is -0.491 e. The Hall–Kier alpha value is -6.04. The minimum absolute atomic E-state index is 0.0260. The topological polar surface area (TPSA) is 178 Å². The van der Waals surface area contributed by atoms with E-state index < -0.39 is 65.0 Å². The van der Waals surface area contributed by atoms with Gasteiger partial charge < -0.3 is 34.9 Å². The zero-order valence-electron chi connectivity index (χ0n) is 33.9. The van der Waals surface area contributed by atoms with Gasteiger partial charge >= 0.3 is 12.1 Å². The lowest BCUT2D eigenvalue weighted by molar-refractivity contribution is -0.178. The molecule has 2 saturated heterocycles. The Morgan fingerprint density at radius 2 is 1.52 bits per heavy atom. The van der Waals surface area contributed by atoms with Crippen molar-refractivity contribution in [2.75, 3.05) is 38.4 Å². The molecule has 3 fully saturated rings. The number of fused-ring (bicyclic) bond motifs is 3. The summed E-state index contributed by atoms with van der Waals surface area (Å²) in [7, 11) is 1.45. The van der Waals surface area contributed by atoms with E-state index in [9.17, 15) is 24.6 Å². The molecule has 13 heteroatoms. The number of amides is 3. The normalized spacial score (nSPS) is 25.4. The molecule has 6 unspecified atom stereocenters. The first kappa shape index (κ1) is 41.7. The molecule has 61 heavy (non-hydrogen) atoms. The van der Waals surface area contributed by atoms with Crippen molar-refractivity contribution in [1.82, 2.24) is 4.90 Å². The average molecular weight is 828 g/mol. The first-order chi connectivity index (χ1) is 29.6. The number of hydrogen-bond donors (Lipinski definition) is 3. The van der Waals surface area contributed by atoms with Gasteiger partial charge in [-0.1, -0.05) is 97.5 Å². The number of carbonyl (C=O) groups is 4. The number of benzene rings is 4. The van der Waals surface area contributed by atoms with Crippen LogP contribution in [0.4, 0.5) is 10.5 Å². The van der Waals surface area contributed by atoms with E-state index in [-0.39, 0.29) is 37.7 Å². The van der Waals surface area contributed by atoms with Gasteiger partial charge in [-0.3, -0.25) is 19.3 Å². The number of nitrogens with zero attached hydrogens (tertiary/aromatic N) is 2. The summed E-state index contributed by atoms with van der Waals surface area (Å²) in [5, 5.41) is 21.2. The molecular formula is C48H49N3O10. The lowest BCUT2D eigenvalue weighted by Crippen LogP contribution is -2.55. The lowest BCUT2D eigenvalue weighted by Gasteiger charge is -2.46. The first-order valence-corrected chi connectivity index (χ1v) is 20.7. The number of anilines is 1. The Kier molecular flexibility index (Phi) is 12.0. The van der Waals surface area contributed by atoms with Crippen LogP contribution in [0.5, 0.6) is 5.75 Å². The number of nitrogens with two attached hydrogens (primary N) is 1. The molecule has 3 amide bonds. The van der Waals surface area contributed by atoms with Gasteiger partial charge in [0.25, 0.3) is 0 Å². The van der Waals surface area contributed by atoms with Gasteiger partial charge in [0.05, 0.1) is 36.9 Å². The molecule has 316 valence electrons. The Bertz CT molecular complexity index is 2340. The van der Waals surface area contributed by atoms with E-state index in [1.807, 2.05) is 65.6 Å². The van der Waals surface area contributed by atoms with Gasteiger partial charge in [0.1, 0.15) is 42.1 Å². The molecule has 4 N–H and O–H groups in total. The molecule has 13 nitrogen and oxygen atoms in total. The van der Waals surface area contributed by atoms with Crippen LogP contribution < -0.4 is 15.4 Å². The maximum absolute atomic E-state index is 15.9. The van der Waals surface area contributed by atoms with Crippen molar-refractivity contribution in [3.05, 3.63) is 131 Å². The SMILES string of the molecule is COCCOC(=O)N1C(=O)C2(c3cc(C#CC4(O)CCCCCC4)ccc31)C(C(N)=O)C1C(=O)OC(c3ccccc3)C(c3ccccc3)N1C2c1cccc(OCCO)c1. The van der Waals surface area contributed by atoms with Crippen LogP contribution in [-0.4, -0.2) is 84.2 Å². The molecule has 6 atom stereocenters. The number of rotatable bonds is 10. The number of hydrogen-bond acceptors (Lipinski definition) is 11. The van der Waals surface area contributed by atoms with E-state index in [1.54, 1.807) is 42.5 Å². The molecule has 3 heterocycles. The van der Waals surface area contributed by atoms with Gasteiger partial charge in [0, 0.05) is 12.7 Å². The summed E-state index contributed by atoms with van der Waals surface area (Å²) in [6.45, 7) is -0.410.